The Balaban J connectivity index is 2.12. The molecular formula is C15H26N4O2. The van der Waals surface area contributed by atoms with E-state index in [1.807, 2.05) is 6.92 Å². The zero-order valence-electron chi connectivity index (χ0n) is 13.2. The lowest BCUT2D eigenvalue weighted by Crippen LogP contribution is -2.37. The van der Waals surface area contributed by atoms with Crippen LogP contribution in [0.4, 0.5) is 11.6 Å². The van der Waals surface area contributed by atoms with E-state index in [9.17, 15) is 5.11 Å². The summed E-state index contributed by atoms with van der Waals surface area (Å²) < 4.78 is 5.52. The summed E-state index contributed by atoms with van der Waals surface area (Å²) in [5, 5.41) is 13.0. The van der Waals surface area contributed by atoms with Gasteiger partial charge in [0.25, 0.3) is 0 Å². The molecule has 0 spiro atoms. The summed E-state index contributed by atoms with van der Waals surface area (Å²) in [6, 6.07) is 0. The maximum atomic E-state index is 9.70. The topological polar surface area (TPSA) is 70.5 Å². The summed E-state index contributed by atoms with van der Waals surface area (Å²) in [7, 11) is 1.65. The number of hydrogen-bond donors (Lipinski definition) is 2. The third-order valence-corrected chi connectivity index (χ3v) is 4.05. The van der Waals surface area contributed by atoms with Crippen molar-refractivity contribution >= 4 is 11.6 Å². The zero-order valence-corrected chi connectivity index (χ0v) is 13.2. The highest BCUT2D eigenvalue weighted by Crippen LogP contribution is 2.34. The molecule has 0 radical (unpaired) electrons. The van der Waals surface area contributed by atoms with E-state index in [2.05, 4.69) is 27.1 Å². The van der Waals surface area contributed by atoms with Crippen LogP contribution in [0.1, 0.15) is 33.1 Å². The van der Waals surface area contributed by atoms with Crippen molar-refractivity contribution in [2.45, 2.75) is 39.2 Å². The molecule has 2 N–H and O–H groups in total. The van der Waals surface area contributed by atoms with Crippen molar-refractivity contribution in [2.75, 3.05) is 37.0 Å². The second-order valence-electron chi connectivity index (χ2n) is 5.57. The van der Waals surface area contributed by atoms with Crippen LogP contribution in [0.2, 0.25) is 0 Å². The first kappa shape index (κ1) is 15.8. The molecule has 0 bridgehead atoms. The van der Waals surface area contributed by atoms with E-state index < -0.39 is 0 Å². The van der Waals surface area contributed by atoms with E-state index in [1.165, 1.54) is 0 Å². The predicted molar refractivity (Wildman–Crippen MR) is 84.0 cm³/mol. The van der Waals surface area contributed by atoms with E-state index in [0.29, 0.717) is 11.7 Å². The molecule has 21 heavy (non-hydrogen) atoms. The van der Waals surface area contributed by atoms with Crippen LogP contribution in [-0.2, 0) is 0 Å². The fourth-order valence-corrected chi connectivity index (χ4v) is 2.74. The van der Waals surface area contributed by atoms with Gasteiger partial charge < -0.3 is 20.1 Å². The Morgan fingerprint density at radius 2 is 2.14 bits per heavy atom. The van der Waals surface area contributed by atoms with Gasteiger partial charge in [0.15, 0.2) is 11.6 Å². The van der Waals surface area contributed by atoms with Crippen molar-refractivity contribution in [1.82, 2.24) is 9.97 Å². The van der Waals surface area contributed by atoms with Crippen LogP contribution in [0.25, 0.3) is 0 Å². The molecule has 1 fully saturated rings. The summed E-state index contributed by atoms with van der Waals surface area (Å²) in [5.41, 5.74) is 0. The summed E-state index contributed by atoms with van der Waals surface area (Å²) in [4.78, 5) is 10.9. The highest BCUT2D eigenvalue weighted by Gasteiger charge is 2.26. The molecule has 0 aromatic carbocycles. The van der Waals surface area contributed by atoms with E-state index >= 15 is 0 Å². The molecule has 2 heterocycles. The van der Waals surface area contributed by atoms with Crippen molar-refractivity contribution < 1.29 is 9.84 Å². The quantitative estimate of drug-likeness (QED) is 0.835. The largest absolute Gasteiger partial charge is 0.490 e. The van der Waals surface area contributed by atoms with E-state index in [1.54, 1.807) is 13.4 Å². The van der Waals surface area contributed by atoms with Crippen molar-refractivity contribution in [1.29, 1.82) is 0 Å². The smallest absolute Gasteiger partial charge is 0.204 e. The molecule has 6 nitrogen and oxygen atoms in total. The summed E-state index contributed by atoms with van der Waals surface area (Å²) in [6.07, 6.45) is 4.32. The summed E-state index contributed by atoms with van der Waals surface area (Å²) in [5.74, 6) is 2.69. The van der Waals surface area contributed by atoms with Crippen LogP contribution in [-0.4, -0.2) is 47.9 Å². The Bertz CT molecular complexity index is 445. The van der Waals surface area contributed by atoms with Crippen LogP contribution in [0.5, 0.6) is 5.75 Å². The molecule has 1 unspecified atom stereocenters. The number of rotatable bonds is 6. The molecule has 2 rings (SSSR count). The Labute approximate surface area is 126 Å². The molecule has 1 aliphatic heterocycles. The van der Waals surface area contributed by atoms with Gasteiger partial charge in [0.1, 0.15) is 6.33 Å². The lowest BCUT2D eigenvalue weighted by molar-refractivity contribution is 0.109. The lowest BCUT2D eigenvalue weighted by Gasteiger charge is -2.34. The van der Waals surface area contributed by atoms with Crippen LogP contribution >= 0.6 is 0 Å². The molecule has 1 aromatic rings. The SMILES string of the molecule is CCCNc1ncnc(N2CCC(C(C)O)CC2)c1OC. The molecule has 1 aromatic heterocycles. The summed E-state index contributed by atoms with van der Waals surface area (Å²) >= 11 is 0. The maximum Gasteiger partial charge on any atom is 0.204 e. The highest BCUT2D eigenvalue weighted by molar-refractivity contribution is 5.64. The highest BCUT2D eigenvalue weighted by atomic mass is 16.5. The number of hydrogen-bond acceptors (Lipinski definition) is 6. The van der Waals surface area contributed by atoms with E-state index in [0.717, 1.165) is 50.5 Å². The lowest BCUT2D eigenvalue weighted by atomic mass is 9.92. The molecule has 1 saturated heterocycles. The van der Waals surface area contributed by atoms with Gasteiger partial charge in [-0.05, 0) is 32.1 Å². The minimum absolute atomic E-state index is 0.235. The monoisotopic (exact) mass is 294 g/mol. The van der Waals surface area contributed by atoms with Crippen molar-refractivity contribution in [2.24, 2.45) is 5.92 Å². The second kappa shape index (κ2) is 7.45. The van der Waals surface area contributed by atoms with Crippen molar-refractivity contribution in [3.05, 3.63) is 6.33 Å². The van der Waals surface area contributed by atoms with Gasteiger partial charge in [-0.3, -0.25) is 0 Å². The van der Waals surface area contributed by atoms with Crippen LogP contribution in [0.3, 0.4) is 0 Å². The normalized spacial score (nSPS) is 17.6. The predicted octanol–water partition coefficient (Wildman–Crippen LogP) is 1.90. The first-order valence-electron chi connectivity index (χ1n) is 7.73. The zero-order chi connectivity index (χ0) is 15.2. The Hall–Kier alpha value is -1.56. The number of aliphatic hydroxyl groups is 1. The van der Waals surface area contributed by atoms with Crippen LogP contribution in [0, 0.1) is 5.92 Å². The standard InChI is InChI=1S/C15H26N4O2/c1-4-7-16-14-13(21-3)15(18-10-17-14)19-8-5-12(6-9-19)11(2)20/h10-12,20H,4-9H2,1-3H3,(H,16,17,18). The minimum Gasteiger partial charge on any atom is -0.490 e. The molecule has 1 aliphatic rings. The second-order valence-corrected chi connectivity index (χ2v) is 5.57. The molecule has 0 saturated carbocycles. The fraction of sp³-hybridized carbons (Fsp3) is 0.733. The van der Waals surface area contributed by atoms with Gasteiger partial charge in [-0.25, -0.2) is 9.97 Å². The molecule has 1 atom stereocenters. The van der Waals surface area contributed by atoms with E-state index in [-0.39, 0.29) is 6.10 Å². The van der Waals surface area contributed by atoms with Gasteiger partial charge >= 0.3 is 0 Å². The number of aliphatic hydroxyl groups excluding tert-OH is 1. The van der Waals surface area contributed by atoms with Gasteiger partial charge in [0, 0.05) is 19.6 Å². The average Bonchev–Trinajstić information content (AvgIpc) is 2.52. The van der Waals surface area contributed by atoms with Gasteiger partial charge in [0.2, 0.25) is 5.75 Å². The number of aromatic nitrogens is 2. The first-order valence-corrected chi connectivity index (χ1v) is 7.73. The molecule has 118 valence electrons. The maximum absolute atomic E-state index is 9.70. The molecule has 0 aliphatic carbocycles. The minimum atomic E-state index is -0.235. The van der Waals surface area contributed by atoms with Gasteiger partial charge in [-0.2, -0.15) is 0 Å². The number of nitrogens with zero attached hydrogens (tertiary/aromatic N) is 3. The van der Waals surface area contributed by atoms with E-state index in [4.69, 9.17) is 4.74 Å². The van der Waals surface area contributed by atoms with Gasteiger partial charge in [-0.15, -0.1) is 0 Å². The number of nitrogens with one attached hydrogen (secondary N) is 1. The molecule has 0 amide bonds. The van der Waals surface area contributed by atoms with Crippen molar-refractivity contribution in [3.63, 3.8) is 0 Å². The van der Waals surface area contributed by atoms with Crippen LogP contribution < -0.4 is 15.0 Å². The number of ether oxygens (including phenoxy) is 1. The fourth-order valence-electron chi connectivity index (χ4n) is 2.74. The van der Waals surface area contributed by atoms with Gasteiger partial charge in [0.05, 0.1) is 13.2 Å². The Kier molecular flexibility index (Phi) is 5.61. The molecule has 6 heteroatoms. The van der Waals surface area contributed by atoms with Crippen LogP contribution in [0.15, 0.2) is 6.33 Å². The number of methoxy groups -OCH3 is 1. The van der Waals surface area contributed by atoms with Gasteiger partial charge in [-0.1, -0.05) is 6.92 Å². The third-order valence-electron chi connectivity index (χ3n) is 4.05. The number of anilines is 2. The Morgan fingerprint density at radius 1 is 1.43 bits per heavy atom. The first-order chi connectivity index (χ1) is 10.2. The third kappa shape index (κ3) is 3.75. The molecular weight excluding hydrogens is 268 g/mol. The summed E-state index contributed by atoms with van der Waals surface area (Å²) in [6.45, 7) is 6.62. The number of piperidine rings is 1. The van der Waals surface area contributed by atoms with Crippen molar-refractivity contribution in [3.8, 4) is 5.75 Å². The Morgan fingerprint density at radius 3 is 2.71 bits per heavy atom. The average molecular weight is 294 g/mol.